The zero-order valence-corrected chi connectivity index (χ0v) is 27.7. The Balaban J connectivity index is 1.25. The van der Waals surface area contributed by atoms with Crippen LogP contribution < -0.4 is 15.0 Å². The average molecular weight is 711 g/mol. The number of sulfonamides is 1. The molecule has 0 radical (unpaired) electrons. The van der Waals surface area contributed by atoms with E-state index in [2.05, 4.69) is 26.1 Å². The summed E-state index contributed by atoms with van der Waals surface area (Å²) in [6.45, 7) is 1.99. The van der Waals surface area contributed by atoms with Crippen LogP contribution in [0.3, 0.4) is 0 Å². The molecule has 5 fully saturated rings. The van der Waals surface area contributed by atoms with E-state index in [0.717, 1.165) is 38.3 Å². The molecule has 4 saturated heterocycles. The Kier molecular flexibility index (Phi) is 6.96. The van der Waals surface area contributed by atoms with Gasteiger partial charge in [-0.15, -0.1) is 6.42 Å². The second-order valence-corrected chi connectivity index (χ2v) is 16.2. The third-order valence-corrected chi connectivity index (χ3v) is 13.1. The predicted octanol–water partition coefficient (Wildman–Crippen LogP) is 4.26. The molecule has 2 bridgehead atoms. The lowest BCUT2D eigenvalue weighted by molar-refractivity contribution is 0.0990. The molecular formula is C35H34F4N6O4S. The number of nitrogens with zero attached hydrogens (tertiary/aromatic N) is 5. The smallest absolute Gasteiger partial charge is 0.319 e. The molecule has 15 heteroatoms. The van der Waals surface area contributed by atoms with E-state index >= 15 is 13.2 Å². The summed E-state index contributed by atoms with van der Waals surface area (Å²) in [5.74, 6) is -2.08. The number of aromatic nitrogens is 2. The Morgan fingerprint density at radius 1 is 1.12 bits per heavy atom. The van der Waals surface area contributed by atoms with Crippen molar-refractivity contribution in [3.8, 4) is 24.1 Å². The van der Waals surface area contributed by atoms with Gasteiger partial charge in [0.1, 0.15) is 30.4 Å². The van der Waals surface area contributed by atoms with Gasteiger partial charge in [0.2, 0.25) is 0 Å². The van der Waals surface area contributed by atoms with E-state index in [0.29, 0.717) is 30.4 Å². The molecule has 1 saturated carbocycles. The number of phenols is 1. The monoisotopic (exact) mass is 710 g/mol. The Morgan fingerprint density at radius 3 is 2.60 bits per heavy atom. The van der Waals surface area contributed by atoms with E-state index in [1.165, 1.54) is 24.3 Å². The lowest BCUT2D eigenvalue weighted by atomic mass is 9.95. The van der Waals surface area contributed by atoms with Crippen molar-refractivity contribution in [1.29, 1.82) is 0 Å². The van der Waals surface area contributed by atoms with Gasteiger partial charge in [-0.3, -0.25) is 9.21 Å². The number of benzene rings is 2. The molecule has 5 aliphatic heterocycles. The van der Waals surface area contributed by atoms with Crippen molar-refractivity contribution in [2.75, 3.05) is 37.7 Å². The highest BCUT2D eigenvalue weighted by atomic mass is 32.2. The molecule has 3 aromatic rings. The van der Waals surface area contributed by atoms with Crippen molar-refractivity contribution < 1.29 is 35.8 Å². The van der Waals surface area contributed by atoms with Crippen LogP contribution in [0.4, 0.5) is 23.4 Å². The van der Waals surface area contributed by atoms with Crippen LogP contribution in [-0.4, -0.2) is 101 Å². The highest BCUT2D eigenvalue weighted by molar-refractivity contribution is 7.89. The van der Waals surface area contributed by atoms with Crippen LogP contribution in [0, 0.1) is 18.2 Å². The van der Waals surface area contributed by atoms with E-state index < -0.39 is 45.9 Å². The zero-order chi connectivity index (χ0) is 34.7. The van der Waals surface area contributed by atoms with Gasteiger partial charge in [-0.2, -0.15) is 9.97 Å². The van der Waals surface area contributed by atoms with Crippen molar-refractivity contribution in [3.63, 3.8) is 0 Å². The van der Waals surface area contributed by atoms with Gasteiger partial charge in [-0.05, 0) is 61.9 Å². The van der Waals surface area contributed by atoms with Gasteiger partial charge in [0.25, 0.3) is 15.9 Å². The molecule has 9 rings (SSSR count). The summed E-state index contributed by atoms with van der Waals surface area (Å²) in [6, 6.07) is 3.30. The van der Waals surface area contributed by atoms with Gasteiger partial charge in [0.05, 0.1) is 22.5 Å². The fourth-order valence-corrected chi connectivity index (χ4v) is 10.8. The summed E-state index contributed by atoms with van der Waals surface area (Å²) >= 11 is 0. The number of alkyl halides is 3. The van der Waals surface area contributed by atoms with Gasteiger partial charge in [0, 0.05) is 55.5 Å². The summed E-state index contributed by atoms with van der Waals surface area (Å²) in [5, 5.41) is 14.6. The molecule has 1 aromatic heterocycles. The number of nitrogens with one attached hydrogen (secondary N) is 1. The summed E-state index contributed by atoms with van der Waals surface area (Å²) in [4.78, 5) is 12.8. The molecule has 50 heavy (non-hydrogen) atoms. The second-order valence-electron chi connectivity index (χ2n) is 14.4. The lowest BCUT2D eigenvalue weighted by Crippen LogP contribution is -2.52. The number of rotatable bonds is 6. The van der Waals surface area contributed by atoms with E-state index in [1.807, 2.05) is 4.90 Å². The van der Waals surface area contributed by atoms with E-state index in [9.17, 15) is 17.9 Å². The number of anilines is 1. The van der Waals surface area contributed by atoms with Crippen molar-refractivity contribution >= 4 is 38.4 Å². The summed E-state index contributed by atoms with van der Waals surface area (Å²) < 4.78 is 96.4. The largest absolute Gasteiger partial charge is 0.508 e. The van der Waals surface area contributed by atoms with Crippen molar-refractivity contribution in [2.45, 2.75) is 79.2 Å². The summed E-state index contributed by atoms with van der Waals surface area (Å²) in [5.41, 5.74) is -1.14. The van der Waals surface area contributed by atoms with Crippen LogP contribution in [0.1, 0.15) is 55.3 Å². The number of halogens is 4. The maximum absolute atomic E-state index is 15.1. The molecule has 2 N–H and O–H groups in total. The van der Waals surface area contributed by atoms with Crippen LogP contribution in [-0.2, 0) is 10.0 Å². The first kappa shape index (κ1) is 31.8. The first-order chi connectivity index (χ1) is 23.9. The highest BCUT2D eigenvalue weighted by Gasteiger charge is 2.65. The number of terminal acetylenes is 1. The third kappa shape index (κ3) is 4.85. The van der Waals surface area contributed by atoms with E-state index in [1.54, 1.807) is 0 Å². The maximum Gasteiger partial charge on any atom is 0.319 e. The minimum atomic E-state index is -4.81. The third-order valence-electron chi connectivity index (χ3n) is 11.2. The SMILES string of the molecule is C#Cc1c(F)ccc2cc(O)cc(C3=Cc4nc(OC[C@@]56CCCN5C[C@H](F)C6)nc(N5CC6CCC(C5)N6)c4S(=O)(=O)N3C3CC3(F)F)c12. The fraction of sp³-hybridized carbons (Fsp3) is 0.486. The van der Waals surface area contributed by atoms with Crippen LogP contribution in [0.25, 0.3) is 22.5 Å². The van der Waals surface area contributed by atoms with Crippen LogP contribution in [0.2, 0.25) is 0 Å². The van der Waals surface area contributed by atoms with Gasteiger partial charge in [-0.1, -0.05) is 12.0 Å². The van der Waals surface area contributed by atoms with E-state index in [-0.39, 0.29) is 74.5 Å². The van der Waals surface area contributed by atoms with Crippen LogP contribution in [0.5, 0.6) is 11.8 Å². The van der Waals surface area contributed by atoms with Crippen molar-refractivity contribution in [3.05, 3.63) is 46.9 Å². The Morgan fingerprint density at radius 2 is 1.88 bits per heavy atom. The van der Waals surface area contributed by atoms with E-state index in [4.69, 9.17) is 11.2 Å². The molecule has 1 aliphatic carbocycles. The summed E-state index contributed by atoms with van der Waals surface area (Å²) in [6.07, 6.45) is 9.02. The van der Waals surface area contributed by atoms with Crippen molar-refractivity contribution in [1.82, 2.24) is 24.5 Å². The minimum absolute atomic E-state index is 0.0411. The maximum atomic E-state index is 15.1. The molecule has 3 unspecified atom stereocenters. The second kappa shape index (κ2) is 10.9. The minimum Gasteiger partial charge on any atom is -0.508 e. The zero-order valence-electron chi connectivity index (χ0n) is 26.9. The molecular weight excluding hydrogens is 676 g/mol. The van der Waals surface area contributed by atoms with Crippen LogP contribution >= 0.6 is 0 Å². The number of ether oxygens (including phenoxy) is 1. The Hall–Kier alpha value is -4.13. The topological polar surface area (TPSA) is 111 Å². The molecule has 2 aromatic carbocycles. The first-order valence-corrected chi connectivity index (χ1v) is 18.3. The molecule has 10 nitrogen and oxygen atoms in total. The van der Waals surface area contributed by atoms with Gasteiger partial charge in [0.15, 0.2) is 10.7 Å². The number of phenolic OH excluding ortho intramolecular Hbond substituents is 1. The van der Waals surface area contributed by atoms with Gasteiger partial charge < -0.3 is 20.1 Å². The quantitative estimate of drug-likeness (QED) is 0.287. The standard InChI is InChI=1S/C35H34F4N6O4S/c1-2-24-26(37)7-4-19-10-23(46)11-25(30(19)24)28-12-27-31(50(47,48)45(28)29-14-35(29,38)39)32(43-16-21-5-6-22(17-43)40-21)42-33(41-27)49-18-34-8-3-9-44(34)15-20(36)13-34/h1,4,7,10-12,20-22,29,40,46H,3,5-6,8-9,13-18H2/t20-,21?,22?,29?,34+/m1/s1. The number of piperazine rings is 1. The number of aromatic hydroxyl groups is 1. The molecule has 0 amide bonds. The molecule has 6 aliphatic rings. The number of fused-ring (bicyclic) bond motifs is 5. The molecule has 262 valence electrons. The number of hydrogen-bond acceptors (Lipinski definition) is 9. The Bertz CT molecular complexity index is 2130. The lowest BCUT2D eigenvalue weighted by Gasteiger charge is -2.37. The average Bonchev–Trinajstić information content (AvgIpc) is 3.32. The van der Waals surface area contributed by atoms with Crippen molar-refractivity contribution in [2.24, 2.45) is 0 Å². The highest BCUT2D eigenvalue weighted by Crippen LogP contribution is 2.54. The molecule has 0 spiro atoms. The number of hydrogen-bond donors (Lipinski definition) is 2. The van der Waals surface area contributed by atoms with Crippen LogP contribution in [0.15, 0.2) is 29.2 Å². The molecule has 5 atom stereocenters. The normalized spacial score (nSPS) is 30.6. The summed E-state index contributed by atoms with van der Waals surface area (Å²) in [7, 11) is -4.81. The fourth-order valence-electron chi connectivity index (χ4n) is 8.85. The predicted molar refractivity (Wildman–Crippen MR) is 176 cm³/mol. The molecule has 6 heterocycles. The van der Waals surface area contributed by atoms with Gasteiger partial charge in [-0.25, -0.2) is 26.0 Å². The Labute approximate surface area is 286 Å². The first-order valence-electron chi connectivity index (χ1n) is 16.9. The van der Waals surface area contributed by atoms with Gasteiger partial charge >= 0.3 is 6.01 Å².